The Kier molecular flexibility index (Phi) is 3.20. The number of hydrogen-bond donors (Lipinski definition) is 1. The summed E-state index contributed by atoms with van der Waals surface area (Å²) >= 11 is 0. The summed E-state index contributed by atoms with van der Waals surface area (Å²) in [7, 11) is 1.76. The summed E-state index contributed by atoms with van der Waals surface area (Å²) in [5.74, 6) is 1.70. The van der Waals surface area contributed by atoms with Gasteiger partial charge >= 0.3 is 0 Å². The van der Waals surface area contributed by atoms with Crippen LogP contribution in [-0.2, 0) is 4.74 Å². The molecule has 3 unspecified atom stereocenters. The third-order valence-corrected chi connectivity index (χ3v) is 5.27. The molecule has 1 saturated carbocycles. The Morgan fingerprint density at radius 2 is 2.00 bits per heavy atom. The number of hydrogen-bond acceptors (Lipinski definition) is 3. The SMILES string of the molecule is COc1ccccc1C1CC(NC2CC3CCC2O3)C1. The molecule has 2 aliphatic heterocycles. The predicted octanol–water partition coefficient (Wildman–Crippen LogP) is 2.85. The zero-order chi connectivity index (χ0) is 13.5. The first-order chi connectivity index (χ1) is 9.83. The van der Waals surface area contributed by atoms with Gasteiger partial charge in [-0.05, 0) is 49.7 Å². The molecule has 1 aromatic rings. The van der Waals surface area contributed by atoms with Gasteiger partial charge in [-0.1, -0.05) is 18.2 Å². The van der Waals surface area contributed by atoms with Gasteiger partial charge in [-0.2, -0.15) is 0 Å². The van der Waals surface area contributed by atoms with Crippen molar-refractivity contribution in [1.82, 2.24) is 5.32 Å². The average molecular weight is 273 g/mol. The second-order valence-electron chi connectivity index (χ2n) is 6.49. The molecule has 2 heterocycles. The van der Waals surface area contributed by atoms with Gasteiger partial charge in [-0.3, -0.25) is 0 Å². The van der Waals surface area contributed by atoms with E-state index in [4.69, 9.17) is 9.47 Å². The number of fused-ring (bicyclic) bond motifs is 2. The fourth-order valence-electron chi connectivity index (χ4n) is 4.13. The molecule has 2 bridgehead atoms. The van der Waals surface area contributed by atoms with E-state index in [0.717, 1.165) is 5.75 Å². The number of ether oxygens (including phenoxy) is 2. The highest BCUT2D eigenvalue weighted by Gasteiger charge is 2.43. The van der Waals surface area contributed by atoms with Gasteiger partial charge in [-0.25, -0.2) is 0 Å². The van der Waals surface area contributed by atoms with E-state index in [0.29, 0.717) is 30.2 Å². The maximum absolute atomic E-state index is 5.92. The number of benzene rings is 1. The lowest BCUT2D eigenvalue weighted by Crippen LogP contribution is -2.49. The Bertz CT molecular complexity index is 484. The first-order valence-electron chi connectivity index (χ1n) is 7.88. The molecule has 3 atom stereocenters. The molecule has 1 N–H and O–H groups in total. The predicted molar refractivity (Wildman–Crippen MR) is 78.2 cm³/mol. The number of nitrogens with one attached hydrogen (secondary N) is 1. The summed E-state index contributed by atoms with van der Waals surface area (Å²) in [6.07, 6.45) is 7.25. The van der Waals surface area contributed by atoms with E-state index in [1.54, 1.807) is 7.11 Å². The summed E-state index contributed by atoms with van der Waals surface area (Å²) in [6, 6.07) is 9.71. The maximum Gasteiger partial charge on any atom is 0.122 e. The van der Waals surface area contributed by atoms with Gasteiger partial charge in [0.05, 0.1) is 19.3 Å². The van der Waals surface area contributed by atoms with Gasteiger partial charge in [-0.15, -0.1) is 0 Å². The highest BCUT2D eigenvalue weighted by atomic mass is 16.5. The molecule has 3 fully saturated rings. The van der Waals surface area contributed by atoms with Gasteiger partial charge in [0.2, 0.25) is 0 Å². The largest absolute Gasteiger partial charge is 0.496 e. The van der Waals surface area contributed by atoms with E-state index in [-0.39, 0.29) is 0 Å². The Morgan fingerprint density at radius 3 is 2.70 bits per heavy atom. The van der Waals surface area contributed by atoms with Crippen molar-refractivity contribution in [1.29, 1.82) is 0 Å². The van der Waals surface area contributed by atoms with Crippen LogP contribution in [-0.4, -0.2) is 31.4 Å². The van der Waals surface area contributed by atoms with Crippen LogP contribution in [0.4, 0.5) is 0 Å². The van der Waals surface area contributed by atoms with E-state index in [1.807, 2.05) is 6.07 Å². The van der Waals surface area contributed by atoms with Crippen LogP contribution < -0.4 is 10.1 Å². The number of rotatable bonds is 4. The third-order valence-electron chi connectivity index (χ3n) is 5.27. The van der Waals surface area contributed by atoms with Crippen LogP contribution in [0.25, 0.3) is 0 Å². The van der Waals surface area contributed by atoms with Crippen molar-refractivity contribution >= 4 is 0 Å². The monoisotopic (exact) mass is 273 g/mol. The van der Waals surface area contributed by atoms with Crippen molar-refractivity contribution < 1.29 is 9.47 Å². The van der Waals surface area contributed by atoms with Crippen molar-refractivity contribution in [3.63, 3.8) is 0 Å². The van der Waals surface area contributed by atoms with Crippen LogP contribution in [0.3, 0.4) is 0 Å². The molecule has 1 aliphatic carbocycles. The van der Waals surface area contributed by atoms with Crippen molar-refractivity contribution in [3.8, 4) is 5.75 Å². The molecule has 1 aromatic carbocycles. The lowest BCUT2D eigenvalue weighted by atomic mass is 9.75. The van der Waals surface area contributed by atoms with E-state index in [1.165, 1.54) is 37.7 Å². The van der Waals surface area contributed by atoms with E-state index >= 15 is 0 Å². The summed E-state index contributed by atoms with van der Waals surface area (Å²) in [4.78, 5) is 0. The lowest BCUT2D eigenvalue weighted by Gasteiger charge is -2.39. The van der Waals surface area contributed by atoms with Gasteiger partial charge < -0.3 is 14.8 Å². The molecule has 20 heavy (non-hydrogen) atoms. The van der Waals surface area contributed by atoms with Crippen molar-refractivity contribution in [2.45, 2.75) is 62.3 Å². The first kappa shape index (κ1) is 12.7. The van der Waals surface area contributed by atoms with Crippen LogP contribution in [0.2, 0.25) is 0 Å². The van der Waals surface area contributed by atoms with Crippen LogP contribution in [0, 0.1) is 0 Å². The zero-order valence-corrected chi connectivity index (χ0v) is 12.0. The molecule has 3 heteroatoms. The topological polar surface area (TPSA) is 30.5 Å². The minimum atomic E-state index is 0.491. The molecular weight excluding hydrogens is 250 g/mol. The van der Waals surface area contributed by atoms with Crippen molar-refractivity contribution in [2.75, 3.05) is 7.11 Å². The minimum absolute atomic E-state index is 0.491. The van der Waals surface area contributed by atoms with Crippen LogP contribution in [0.15, 0.2) is 24.3 Å². The van der Waals surface area contributed by atoms with Crippen LogP contribution in [0.5, 0.6) is 5.75 Å². The minimum Gasteiger partial charge on any atom is -0.496 e. The Labute approximate surface area is 120 Å². The molecule has 2 saturated heterocycles. The molecule has 0 amide bonds. The highest BCUT2D eigenvalue weighted by molar-refractivity contribution is 5.37. The first-order valence-corrected chi connectivity index (χ1v) is 7.88. The standard InChI is InChI=1S/C17H23NO2/c1-19-16-5-3-2-4-14(16)11-8-12(9-11)18-15-10-13-6-7-17(15)20-13/h2-5,11-13,15,17-18H,6-10H2,1H3. The fourth-order valence-corrected chi connectivity index (χ4v) is 4.13. The summed E-state index contributed by atoms with van der Waals surface area (Å²) in [5.41, 5.74) is 1.37. The van der Waals surface area contributed by atoms with Gasteiger partial charge in [0.1, 0.15) is 5.75 Å². The van der Waals surface area contributed by atoms with Gasteiger partial charge in [0.15, 0.2) is 0 Å². The van der Waals surface area contributed by atoms with E-state index < -0.39 is 0 Å². The molecule has 0 aromatic heterocycles. The van der Waals surface area contributed by atoms with Gasteiger partial charge in [0, 0.05) is 12.1 Å². The quantitative estimate of drug-likeness (QED) is 0.915. The van der Waals surface area contributed by atoms with Crippen molar-refractivity contribution in [3.05, 3.63) is 29.8 Å². The lowest BCUT2D eigenvalue weighted by molar-refractivity contribution is 0.0931. The maximum atomic E-state index is 5.92. The van der Waals surface area contributed by atoms with Crippen molar-refractivity contribution in [2.24, 2.45) is 0 Å². The van der Waals surface area contributed by atoms with Crippen LogP contribution >= 0.6 is 0 Å². The number of para-hydroxylation sites is 1. The Hall–Kier alpha value is -1.06. The summed E-state index contributed by atoms with van der Waals surface area (Å²) in [5, 5.41) is 3.82. The fraction of sp³-hybridized carbons (Fsp3) is 0.647. The second-order valence-corrected chi connectivity index (χ2v) is 6.49. The van der Waals surface area contributed by atoms with Gasteiger partial charge in [0.25, 0.3) is 0 Å². The Morgan fingerprint density at radius 1 is 1.15 bits per heavy atom. The molecule has 0 spiro atoms. The summed E-state index contributed by atoms with van der Waals surface area (Å²) < 4.78 is 11.4. The highest BCUT2D eigenvalue weighted by Crippen LogP contribution is 2.42. The molecule has 3 aliphatic rings. The number of methoxy groups -OCH3 is 1. The van der Waals surface area contributed by atoms with E-state index in [2.05, 4.69) is 23.5 Å². The molecule has 4 rings (SSSR count). The Balaban J connectivity index is 1.33. The second kappa shape index (κ2) is 5.05. The molecule has 0 radical (unpaired) electrons. The average Bonchev–Trinajstić information content (AvgIpc) is 3.05. The molecular formula is C17H23NO2. The normalized spacial score (nSPS) is 38.8. The molecule has 3 nitrogen and oxygen atoms in total. The van der Waals surface area contributed by atoms with Crippen LogP contribution in [0.1, 0.15) is 43.6 Å². The summed E-state index contributed by atoms with van der Waals surface area (Å²) in [6.45, 7) is 0. The smallest absolute Gasteiger partial charge is 0.122 e. The third kappa shape index (κ3) is 2.13. The zero-order valence-electron chi connectivity index (χ0n) is 12.0. The van der Waals surface area contributed by atoms with E-state index in [9.17, 15) is 0 Å². The molecule has 108 valence electrons.